The molecule has 4 heterocycles. The number of aromatic amines is 1. The number of aromatic nitrogens is 4. The van der Waals surface area contributed by atoms with E-state index < -0.39 is 22.3 Å². The zero-order chi connectivity index (χ0) is 26.0. The topological polar surface area (TPSA) is 116 Å². The highest BCUT2D eigenvalue weighted by molar-refractivity contribution is 7.90. The van der Waals surface area contributed by atoms with Gasteiger partial charge in [0.1, 0.15) is 5.75 Å². The third-order valence-corrected chi connectivity index (χ3v) is 6.10. The first kappa shape index (κ1) is 24.1. The van der Waals surface area contributed by atoms with Gasteiger partial charge in [0.25, 0.3) is 5.88 Å². The monoisotopic (exact) mass is 524 g/mol. The van der Waals surface area contributed by atoms with Crippen molar-refractivity contribution in [1.82, 2.24) is 19.9 Å². The molecule has 9 nitrogen and oxygen atoms in total. The van der Waals surface area contributed by atoms with E-state index in [1.165, 1.54) is 36.7 Å². The van der Waals surface area contributed by atoms with Crippen LogP contribution in [0.25, 0.3) is 22.3 Å². The molecule has 0 atom stereocenters. The molecule has 5 aromatic rings. The summed E-state index contributed by atoms with van der Waals surface area (Å²) in [5.41, 5.74) is 2.11. The maximum atomic E-state index is 12.9. The highest BCUT2D eigenvalue weighted by Gasteiger charge is 2.18. The lowest BCUT2D eigenvalue weighted by Crippen LogP contribution is -2.05. The normalized spacial score (nSPS) is 11.6. The Morgan fingerprint density at radius 2 is 1.68 bits per heavy atom. The standard InChI is InChI=1S/C25H18F2N4O5S/c1-37(32,33)23-8-7-16(14-30-23)34-21-12-15-11-19(17-5-2-3-9-28-17)31-18(15)13-22(21)35-20-6-4-10-29-24(20)36-25(26)27/h2-14,25,31H,1H3. The van der Waals surface area contributed by atoms with E-state index in [9.17, 15) is 17.2 Å². The molecule has 0 amide bonds. The molecule has 0 fully saturated rings. The second-order valence-corrected chi connectivity index (χ2v) is 9.74. The van der Waals surface area contributed by atoms with E-state index in [4.69, 9.17) is 9.47 Å². The summed E-state index contributed by atoms with van der Waals surface area (Å²) in [5.74, 6) is 0.130. The van der Waals surface area contributed by atoms with Crippen molar-refractivity contribution < 1.29 is 31.4 Å². The number of benzene rings is 1. The Morgan fingerprint density at radius 1 is 0.865 bits per heavy atom. The van der Waals surface area contributed by atoms with Crippen molar-refractivity contribution in [1.29, 1.82) is 0 Å². The number of hydrogen-bond acceptors (Lipinski definition) is 8. The van der Waals surface area contributed by atoms with E-state index in [0.717, 1.165) is 17.3 Å². The van der Waals surface area contributed by atoms with E-state index in [-0.39, 0.29) is 28.0 Å². The molecule has 0 saturated heterocycles. The van der Waals surface area contributed by atoms with Gasteiger partial charge in [-0.15, -0.1) is 0 Å². The largest absolute Gasteiger partial charge is 0.452 e. The zero-order valence-electron chi connectivity index (χ0n) is 19.1. The zero-order valence-corrected chi connectivity index (χ0v) is 19.9. The van der Waals surface area contributed by atoms with Crippen LogP contribution < -0.4 is 14.2 Å². The molecule has 12 heteroatoms. The summed E-state index contributed by atoms with van der Waals surface area (Å²) in [6, 6.07) is 16.4. The predicted octanol–water partition coefficient (Wildman–Crippen LogP) is 5.61. The van der Waals surface area contributed by atoms with Crippen LogP contribution >= 0.6 is 0 Å². The van der Waals surface area contributed by atoms with Gasteiger partial charge in [0.15, 0.2) is 32.1 Å². The van der Waals surface area contributed by atoms with Crippen LogP contribution in [-0.2, 0) is 9.84 Å². The average molecular weight is 525 g/mol. The molecule has 188 valence electrons. The maximum absolute atomic E-state index is 12.9. The first-order chi connectivity index (χ1) is 17.8. The van der Waals surface area contributed by atoms with Crippen LogP contribution in [0.4, 0.5) is 8.78 Å². The van der Waals surface area contributed by atoms with Gasteiger partial charge in [-0.2, -0.15) is 8.78 Å². The van der Waals surface area contributed by atoms with Crippen LogP contribution in [-0.4, -0.2) is 41.2 Å². The Kier molecular flexibility index (Phi) is 6.40. The van der Waals surface area contributed by atoms with Crippen LogP contribution in [0.5, 0.6) is 28.9 Å². The number of hydrogen-bond donors (Lipinski definition) is 1. The second kappa shape index (κ2) is 9.82. The Bertz CT molecular complexity index is 1660. The minimum absolute atomic E-state index is 0.0611. The lowest BCUT2D eigenvalue weighted by molar-refractivity contribution is -0.0541. The lowest BCUT2D eigenvalue weighted by Gasteiger charge is -2.14. The minimum atomic E-state index is -3.49. The molecule has 5 rings (SSSR count). The molecule has 0 aliphatic carbocycles. The molecular formula is C25H18F2N4O5S. The molecule has 0 aliphatic rings. The van der Waals surface area contributed by atoms with Gasteiger partial charge in [-0.05, 0) is 48.5 Å². The maximum Gasteiger partial charge on any atom is 0.388 e. The molecule has 0 saturated carbocycles. The molecule has 1 aromatic carbocycles. The van der Waals surface area contributed by atoms with Gasteiger partial charge >= 0.3 is 6.61 Å². The number of halogens is 2. The van der Waals surface area contributed by atoms with Crippen molar-refractivity contribution in [3.05, 3.63) is 79.3 Å². The fraction of sp³-hybridized carbons (Fsp3) is 0.0800. The van der Waals surface area contributed by atoms with Gasteiger partial charge in [0.05, 0.1) is 17.6 Å². The van der Waals surface area contributed by atoms with Crippen molar-refractivity contribution in [2.45, 2.75) is 11.6 Å². The Morgan fingerprint density at radius 3 is 2.38 bits per heavy atom. The van der Waals surface area contributed by atoms with E-state index in [1.807, 2.05) is 18.2 Å². The van der Waals surface area contributed by atoms with Crippen LogP contribution in [0.15, 0.2) is 84.3 Å². The lowest BCUT2D eigenvalue weighted by atomic mass is 10.2. The predicted molar refractivity (Wildman–Crippen MR) is 130 cm³/mol. The molecular weight excluding hydrogens is 506 g/mol. The molecule has 1 N–H and O–H groups in total. The van der Waals surface area contributed by atoms with E-state index in [0.29, 0.717) is 11.2 Å². The molecule has 0 spiro atoms. The van der Waals surface area contributed by atoms with E-state index in [2.05, 4.69) is 24.7 Å². The average Bonchev–Trinajstić information content (AvgIpc) is 3.28. The fourth-order valence-corrected chi connectivity index (χ4v) is 4.04. The van der Waals surface area contributed by atoms with Crippen LogP contribution in [0.1, 0.15) is 0 Å². The van der Waals surface area contributed by atoms with Crippen LogP contribution in [0, 0.1) is 0 Å². The van der Waals surface area contributed by atoms with E-state index in [1.54, 1.807) is 24.4 Å². The molecule has 4 aromatic heterocycles. The smallest absolute Gasteiger partial charge is 0.388 e. The quantitative estimate of drug-likeness (QED) is 0.278. The van der Waals surface area contributed by atoms with Crippen molar-refractivity contribution in [2.75, 3.05) is 6.26 Å². The molecule has 0 unspecified atom stereocenters. The number of ether oxygens (including phenoxy) is 3. The fourth-order valence-electron chi connectivity index (χ4n) is 3.48. The number of sulfone groups is 1. The van der Waals surface area contributed by atoms with Gasteiger partial charge in [-0.3, -0.25) is 4.98 Å². The van der Waals surface area contributed by atoms with Gasteiger partial charge in [-0.1, -0.05) is 6.07 Å². The van der Waals surface area contributed by atoms with Crippen molar-refractivity contribution >= 4 is 20.7 Å². The number of nitrogens with one attached hydrogen (secondary N) is 1. The number of fused-ring (bicyclic) bond motifs is 1. The second-order valence-electron chi connectivity index (χ2n) is 7.78. The summed E-state index contributed by atoms with van der Waals surface area (Å²) >= 11 is 0. The summed E-state index contributed by atoms with van der Waals surface area (Å²) in [4.78, 5) is 15.3. The molecule has 37 heavy (non-hydrogen) atoms. The van der Waals surface area contributed by atoms with Gasteiger partial charge in [0, 0.05) is 35.6 Å². The number of nitrogens with zero attached hydrogens (tertiary/aromatic N) is 3. The first-order valence-corrected chi connectivity index (χ1v) is 12.7. The Hall–Kier alpha value is -4.58. The molecule has 0 bridgehead atoms. The highest BCUT2D eigenvalue weighted by Crippen LogP contribution is 2.41. The third-order valence-electron chi connectivity index (χ3n) is 5.10. The highest BCUT2D eigenvalue weighted by atomic mass is 32.2. The minimum Gasteiger partial charge on any atom is -0.452 e. The van der Waals surface area contributed by atoms with Crippen molar-refractivity contribution in [3.8, 4) is 40.3 Å². The van der Waals surface area contributed by atoms with E-state index >= 15 is 0 Å². The third kappa shape index (κ3) is 5.48. The number of rotatable bonds is 8. The summed E-state index contributed by atoms with van der Waals surface area (Å²) in [7, 11) is -3.49. The summed E-state index contributed by atoms with van der Waals surface area (Å²) < 4.78 is 65.6. The molecule has 0 aliphatic heterocycles. The van der Waals surface area contributed by atoms with Crippen LogP contribution in [0.3, 0.4) is 0 Å². The Labute approximate surface area is 209 Å². The van der Waals surface area contributed by atoms with Gasteiger partial charge in [0.2, 0.25) is 0 Å². The SMILES string of the molecule is CS(=O)(=O)c1ccc(Oc2cc3cc(-c4ccccn4)[nH]c3cc2Oc2cccnc2OC(F)F)cn1. The first-order valence-electron chi connectivity index (χ1n) is 10.8. The van der Waals surface area contributed by atoms with Gasteiger partial charge < -0.3 is 19.2 Å². The summed E-state index contributed by atoms with van der Waals surface area (Å²) in [6.07, 6.45) is 5.28. The molecule has 0 radical (unpaired) electrons. The number of alkyl halides is 2. The number of pyridine rings is 3. The van der Waals surface area contributed by atoms with Gasteiger partial charge in [-0.25, -0.2) is 18.4 Å². The van der Waals surface area contributed by atoms with Crippen molar-refractivity contribution in [2.24, 2.45) is 0 Å². The van der Waals surface area contributed by atoms with Crippen molar-refractivity contribution in [3.63, 3.8) is 0 Å². The van der Waals surface area contributed by atoms with Crippen LogP contribution in [0.2, 0.25) is 0 Å². The number of H-pyrrole nitrogens is 1. The Balaban J connectivity index is 1.57. The summed E-state index contributed by atoms with van der Waals surface area (Å²) in [6.45, 7) is -3.10. The summed E-state index contributed by atoms with van der Waals surface area (Å²) in [5, 5.41) is 0.639.